The van der Waals surface area contributed by atoms with E-state index < -0.39 is 0 Å². The third-order valence-electron chi connectivity index (χ3n) is 2.73. The Morgan fingerprint density at radius 3 is 2.47 bits per heavy atom. The smallest absolute Gasteiger partial charge is 0.103 e. The van der Waals surface area contributed by atoms with Gasteiger partial charge in [0.1, 0.15) is 5.69 Å². The second kappa shape index (κ2) is 5.26. The van der Waals surface area contributed by atoms with E-state index >= 15 is 0 Å². The SMILES string of the molecule is [CH2-][NH2+]c1ccc(CN2CCOCC2)cc1. The molecule has 1 fully saturated rings. The molecule has 1 saturated heterocycles. The van der Waals surface area contributed by atoms with Gasteiger partial charge >= 0.3 is 0 Å². The molecule has 1 aromatic carbocycles. The summed E-state index contributed by atoms with van der Waals surface area (Å²) >= 11 is 0. The zero-order chi connectivity index (χ0) is 10.5. The third-order valence-corrected chi connectivity index (χ3v) is 2.73. The van der Waals surface area contributed by atoms with E-state index in [9.17, 15) is 0 Å². The van der Waals surface area contributed by atoms with Crippen molar-refractivity contribution in [2.75, 3.05) is 26.3 Å². The average Bonchev–Trinajstić information content (AvgIpc) is 2.31. The third kappa shape index (κ3) is 3.02. The highest BCUT2D eigenvalue weighted by Crippen LogP contribution is 2.09. The van der Waals surface area contributed by atoms with Crippen LogP contribution in [0.25, 0.3) is 0 Å². The van der Waals surface area contributed by atoms with Gasteiger partial charge in [0, 0.05) is 19.6 Å². The minimum Gasteiger partial charge on any atom is -0.446 e. The fraction of sp³-hybridized carbons (Fsp3) is 0.417. The van der Waals surface area contributed by atoms with Crippen molar-refractivity contribution in [3.05, 3.63) is 36.9 Å². The van der Waals surface area contributed by atoms with Gasteiger partial charge in [0.05, 0.1) is 13.2 Å². The first-order chi connectivity index (χ1) is 7.38. The Balaban J connectivity index is 1.91. The summed E-state index contributed by atoms with van der Waals surface area (Å²) in [5, 5.41) is 1.87. The normalized spacial score (nSPS) is 17.9. The first kappa shape index (κ1) is 10.6. The summed E-state index contributed by atoms with van der Waals surface area (Å²) in [5.41, 5.74) is 2.54. The lowest BCUT2D eigenvalue weighted by molar-refractivity contribution is -0.504. The van der Waals surface area contributed by atoms with Crippen molar-refractivity contribution in [3.63, 3.8) is 0 Å². The summed E-state index contributed by atoms with van der Waals surface area (Å²) in [6, 6.07) is 8.57. The van der Waals surface area contributed by atoms with E-state index in [4.69, 9.17) is 4.74 Å². The molecule has 1 aliphatic rings. The number of hydrogen-bond donors (Lipinski definition) is 1. The predicted octanol–water partition coefficient (Wildman–Crippen LogP) is 0.505. The van der Waals surface area contributed by atoms with Crippen LogP contribution < -0.4 is 5.32 Å². The van der Waals surface area contributed by atoms with Gasteiger partial charge in [-0.15, -0.1) is 7.05 Å². The van der Waals surface area contributed by atoms with E-state index in [1.807, 2.05) is 5.32 Å². The Morgan fingerprint density at radius 2 is 1.87 bits per heavy atom. The van der Waals surface area contributed by atoms with Crippen molar-refractivity contribution < 1.29 is 10.1 Å². The van der Waals surface area contributed by atoms with Crippen LogP contribution in [0.15, 0.2) is 24.3 Å². The van der Waals surface area contributed by atoms with E-state index in [2.05, 4.69) is 36.2 Å². The molecule has 3 heteroatoms. The van der Waals surface area contributed by atoms with Gasteiger partial charge in [0.15, 0.2) is 0 Å². The Hall–Kier alpha value is -0.900. The van der Waals surface area contributed by atoms with Crippen LogP contribution in [-0.2, 0) is 11.3 Å². The van der Waals surface area contributed by atoms with E-state index in [1.165, 1.54) is 11.3 Å². The second-order valence-electron chi connectivity index (χ2n) is 3.83. The van der Waals surface area contributed by atoms with Crippen LogP contribution in [-0.4, -0.2) is 31.2 Å². The monoisotopic (exact) mass is 206 g/mol. The standard InChI is InChI=1S/C12H18N2O/c1-13-12-4-2-11(3-5-12)10-14-6-8-15-9-7-14/h2-5H,1,6-10,13H2. The molecular weight excluding hydrogens is 188 g/mol. The maximum absolute atomic E-state index is 5.32. The van der Waals surface area contributed by atoms with Crippen molar-refractivity contribution in [2.24, 2.45) is 0 Å². The molecule has 2 rings (SSSR count). The first-order valence-electron chi connectivity index (χ1n) is 5.40. The number of hydrogen-bond acceptors (Lipinski definition) is 2. The van der Waals surface area contributed by atoms with Crippen molar-refractivity contribution in [3.8, 4) is 0 Å². The van der Waals surface area contributed by atoms with Gasteiger partial charge in [-0.1, -0.05) is 12.1 Å². The van der Waals surface area contributed by atoms with Crippen LogP contribution in [0.3, 0.4) is 0 Å². The highest BCUT2D eigenvalue weighted by Gasteiger charge is 2.10. The first-order valence-corrected chi connectivity index (χ1v) is 5.40. The molecule has 0 aromatic heterocycles. The number of rotatable bonds is 3. The molecule has 15 heavy (non-hydrogen) atoms. The molecule has 0 radical (unpaired) electrons. The minimum absolute atomic E-state index is 0.866. The number of nitrogens with two attached hydrogens (primary N) is 1. The highest BCUT2D eigenvalue weighted by molar-refractivity contribution is 5.31. The topological polar surface area (TPSA) is 29.1 Å². The van der Waals surface area contributed by atoms with Crippen LogP contribution in [0.1, 0.15) is 5.56 Å². The fourth-order valence-corrected chi connectivity index (χ4v) is 1.78. The Morgan fingerprint density at radius 1 is 1.20 bits per heavy atom. The summed E-state index contributed by atoms with van der Waals surface area (Å²) < 4.78 is 5.32. The van der Waals surface area contributed by atoms with Crippen LogP contribution in [0.4, 0.5) is 5.69 Å². The van der Waals surface area contributed by atoms with E-state index in [1.54, 1.807) is 0 Å². The van der Waals surface area contributed by atoms with Gasteiger partial charge in [0.2, 0.25) is 0 Å². The van der Waals surface area contributed by atoms with Crippen LogP contribution in [0.2, 0.25) is 0 Å². The maximum atomic E-state index is 5.32. The minimum atomic E-state index is 0.866. The zero-order valence-corrected chi connectivity index (χ0v) is 8.98. The molecular formula is C12H18N2O. The Labute approximate surface area is 91.0 Å². The van der Waals surface area contributed by atoms with E-state index in [-0.39, 0.29) is 0 Å². The van der Waals surface area contributed by atoms with Gasteiger partial charge in [0.25, 0.3) is 0 Å². The van der Waals surface area contributed by atoms with Crippen LogP contribution in [0.5, 0.6) is 0 Å². The Kier molecular flexibility index (Phi) is 3.72. The molecule has 0 bridgehead atoms. The molecule has 0 unspecified atom stereocenters. The summed E-state index contributed by atoms with van der Waals surface area (Å²) in [4.78, 5) is 2.42. The fourth-order valence-electron chi connectivity index (χ4n) is 1.78. The maximum Gasteiger partial charge on any atom is 0.103 e. The molecule has 1 aliphatic heterocycles. The number of morpholine rings is 1. The van der Waals surface area contributed by atoms with E-state index in [0.29, 0.717) is 0 Å². The molecule has 3 nitrogen and oxygen atoms in total. The highest BCUT2D eigenvalue weighted by atomic mass is 16.5. The van der Waals surface area contributed by atoms with Gasteiger partial charge in [-0.05, 0) is 17.7 Å². The summed E-state index contributed by atoms with van der Waals surface area (Å²) in [6.45, 7) is 4.85. The van der Waals surface area contributed by atoms with Crippen LogP contribution in [0, 0.1) is 7.05 Å². The second-order valence-corrected chi connectivity index (χ2v) is 3.83. The van der Waals surface area contributed by atoms with Crippen molar-refractivity contribution in [1.82, 2.24) is 4.90 Å². The molecule has 0 atom stereocenters. The quantitative estimate of drug-likeness (QED) is 0.576. The van der Waals surface area contributed by atoms with Crippen molar-refractivity contribution in [1.29, 1.82) is 0 Å². The molecule has 1 heterocycles. The lowest BCUT2D eigenvalue weighted by Gasteiger charge is -2.26. The van der Waals surface area contributed by atoms with Crippen LogP contribution >= 0.6 is 0 Å². The molecule has 2 N–H and O–H groups in total. The van der Waals surface area contributed by atoms with Gasteiger partial charge in [-0.25, -0.2) is 0 Å². The summed E-state index contributed by atoms with van der Waals surface area (Å²) in [7, 11) is 3.75. The molecule has 82 valence electrons. The lowest BCUT2D eigenvalue weighted by Crippen LogP contribution is -2.69. The molecule has 0 aliphatic carbocycles. The largest absolute Gasteiger partial charge is 0.446 e. The zero-order valence-electron chi connectivity index (χ0n) is 8.98. The number of nitrogens with zero attached hydrogens (tertiary/aromatic N) is 1. The number of quaternary nitrogens is 1. The Bertz CT molecular complexity index is 291. The van der Waals surface area contributed by atoms with Gasteiger partial charge < -0.3 is 10.1 Å². The summed E-state index contributed by atoms with van der Waals surface area (Å²) in [5.74, 6) is 0. The molecule has 0 spiro atoms. The van der Waals surface area contributed by atoms with Crippen molar-refractivity contribution in [2.45, 2.75) is 6.54 Å². The lowest BCUT2D eigenvalue weighted by atomic mass is 10.2. The van der Waals surface area contributed by atoms with Crippen molar-refractivity contribution >= 4 is 5.69 Å². The summed E-state index contributed by atoms with van der Waals surface area (Å²) in [6.07, 6.45) is 0. The predicted molar refractivity (Wildman–Crippen MR) is 59.5 cm³/mol. The molecule has 1 aromatic rings. The number of benzene rings is 1. The van der Waals surface area contributed by atoms with Gasteiger partial charge in [-0.2, -0.15) is 0 Å². The molecule has 0 saturated carbocycles. The van der Waals surface area contributed by atoms with E-state index in [0.717, 1.165) is 32.8 Å². The molecule has 0 amide bonds. The average molecular weight is 206 g/mol. The van der Waals surface area contributed by atoms with Gasteiger partial charge in [-0.3, -0.25) is 4.90 Å². The number of ether oxygens (including phenoxy) is 1.